The van der Waals surface area contributed by atoms with Crippen LogP contribution in [0.2, 0.25) is 0 Å². The second-order valence-corrected chi connectivity index (χ2v) is 6.63. The number of piperidine rings is 1. The van der Waals surface area contributed by atoms with Crippen molar-refractivity contribution in [2.24, 2.45) is 11.8 Å². The van der Waals surface area contributed by atoms with E-state index in [0.29, 0.717) is 0 Å². The lowest BCUT2D eigenvalue weighted by molar-refractivity contribution is 0.114. The second kappa shape index (κ2) is 6.19. The van der Waals surface area contributed by atoms with Gasteiger partial charge in [-0.2, -0.15) is 0 Å². The molecule has 0 radical (unpaired) electrons. The van der Waals surface area contributed by atoms with Gasteiger partial charge in [-0.25, -0.2) is 0 Å². The van der Waals surface area contributed by atoms with Gasteiger partial charge < -0.3 is 9.80 Å². The molecule has 0 aromatic rings. The van der Waals surface area contributed by atoms with Gasteiger partial charge in [-0.1, -0.05) is 19.8 Å². The van der Waals surface area contributed by atoms with Crippen molar-refractivity contribution >= 4 is 0 Å². The first-order valence-corrected chi connectivity index (χ1v) is 7.54. The van der Waals surface area contributed by atoms with Crippen LogP contribution in [0, 0.1) is 11.8 Å². The van der Waals surface area contributed by atoms with Gasteiger partial charge in [-0.15, -0.1) is 0 Å². The summed E-state index contributed by atoms with van der Waals surface area (Å²) in [6.45, 7) is 6.47. The average molecular weight is 238 g/mol. The third-order valence-electron chi connectivity index (χ3n) is 4.85. The minimum atomic E-state index is 0.830. The van der Waals surface area contributed by atoms with Crippen LogP contribution in [0.15, 0.2) is 0 Å². The Morgan fingerprint density at radius 3 is 2.35 bits per heavy atom. The molecule has 1 aliphatic heterocycles. The van der Waals surface area contributed by atoms with Crippen LogP contribution in [-0.4, -0.2) is 49.6 Å². The smallest absolute Gasteiger partial charge is 0.0113 e. The molecule has 2 nitrogen and oxygen atoms in total. The lowest BCUT2D eigenvalue weighted by Crippen LogP contribution is -2.43. The van der Waals surface area contributed by atoms with Gasteiger partial charge in [-0.3, -0.25) is 0 Å². The van der Waals surface area contributed by atoms with Crippen molar-refractivity contribution in [3.8, 4) is 0 Å². The van der Waals surface area contributed by atoms with E-state index in [-0.39, 0.29) is 0 Å². The molecule has 0 amide bonds. The highest BCUT2D eigenvalue weighted by atomic mass is 15.2. The Kier molecular flexibility index (Phi) is 4.87. The van der Waals surface area contributed by atoms with Gasteiger partial charge in [0, 0.05) is 12.6 Å². The van der Waals surface area contributed by atoms with Gasteiger partial charge in [0.15, 0.2) is 0 Å². The molecular weight excluding hydrogens is 208 g/mol. The molecule has 17 heavy (non-hydrogen) atoms. The second-order valence-electron chi connectivity index (χ2n) is 6.63. The van der Waals surface area contributed by atoms with Gasteiger partial charge in [0.2, 0.25) is 0 Å². The van der Waals surface area contributed by atoms with Crippen molar-refractivity contribution in [3.63, 3.8) is 0 Å². The number of hydrogen-bond donors (Lipinski definition) is 0. The van der Waals surface area contributed by atoms with Crippen molar-refractivity contribution in [2.45, 2.75) is 51.5 Å². The molecule has 2 fully saturated rings. The monoisotopic (exact) mass is 238 g/mol. The first-order chi connectivity index (χ1) is 8.15. The quantitative estimate of drug-likeness (QED) is 0.746. The number of nitrogens with zero attached hydrogens (tertiary/aromatic N) is 2. The summed E-state index contributed by atoms with van der Waals surface area (Å²) in [5.41, 5.74) is 0. The predicted octanol–water partition coefficient (Wildman–Crippen LogP) is 2.84. The fourth-order valence-electron chi connectivity index (χ4n) is 3.71. The van der Waals surface area contributed by atoms with Crippen molar-refractivity contribution in [2.75, 3.05) is 33.7 Å². The predicted molar refractivity (Wildman–Crippen MR) is 74.3 cm³/mol. The molecule has 2 rings (SSSR count). The first kappa shape index (κ1) is 13.4. The van der Waals surface area contributed by atoms with E-state index in [1.165, 1.54) is 58.2 Å². The van der Waals surface area contributed by atoms with E-state index in [4.69, 9.17) is 0 Å². The van der Waals surface area contributed by atoms with Gasteiger partial charge in [0.05, 0.1) is 0 Å². The summed E-state index contributed by atoms with van der Waals surface area (Å²) in [5.74, 6) is 1.97. The Bertz CT molecular complexity index is 219. The normalized spacial score (nSPS) is 33.2. The van der Waals surface area contributed by atoms with Crippen LogP contribution < -0.4 is 0 Å². The van der Waals surface area contributed by atoms with Gasteiger partial charge >= 0.3 is 0 Å². The molecule has 2 aliphatic rings. The Labute approximate surface area is 107 Å². The highest BCUT2D eigenvalue weighted by molar-refractivity contribution is 4.80. The summed E-state index contributed by atoms with van der Waals surface area (Å²) in [7, 11) is 4.45. The minimum Gasteiger partial charge on any atom is -0.306 e. The van der Waals surface area contributed by atoms with E-state index in [1.54, 1.807) is 0 Å². The summed E-state index contributed by atoms with van der Waals surface area (Å²) in [6, 6.07) is 0.830. The van der Waals surface area contributed by atoms with Crippen LogP contribution in [0.25, 0.3) is 0 Å². The molecule has 1 heterocycles. The van der Waals surface area contributed by atoms with E-state index in [2.05, 4.69) is 30.8 Å². The molecule has 0 aromatic carbocycles. The molecule has 1 saturated heterocycles. The molecule has 0 N–H and O–H groups in total. The summed E-state index contributed by atoms with van der Waals surface area (Å²) < 4.78 is 0. The standard InChI is InChI=1S/C15H30N2/c1-13-5-4-6-14(11-13)12-17-9-7-15(8-10-17)16(2)3/h13-15H,4-12H2,1-3H3. The molecular formula is C15H30N2. The topological polar surface area (TPSA) is 6.48 Å². The van der Waals surface area contributed by atoms with E-state index in [0.717, 1.165) is 17.9 Å². The van der Waals surface area contributed by atoms with E-state index >= 15 is 0 Å². The maximum atomic E-state index is 2.72. The third kappa shape index (κ3) is 3.96. The molecule has 2 unspecified atom stereocenters. The fraction of sp³-hybridized carbons (Fsp3) is 1.00. The molecule has 1 saturated carbocycles. The maximum absolute atomic E-state index is 2.72. The highest BCUT2D eigenvalue weighted by Crippen LogP contribution is 2.29. The maximum Gasteiger partial charge on any atom is 0.0113 e. The van der Waals surface area contributed by atoms with Gasteiger partial charge in [-0.05, 0) is 64.7 Å². The highest BCUT2D eigenvalue weighted by Gasteiger charge is 2.25. The molecule has 0 aromatic heterocycles. The summed E-state index contributed by atoms with van der Waals surface area (Å²) in [4.78, 5) is 5.13. The summed E-state index contributed by atoms with van der Waals surface area (Å²) in [6.07, 6.45) is 8.65. The molecule has 0 bridgehead atoms. The number of rotatable bonds is 3. The number of hydrogen-bond acceptors (Lipinski definition) is 2. The lowest BCUT2D eigenvalue weighted by atomic mass is 9.82. The molecule has 2 atom stereocenters. The molecule has 0 spiro atoms. The van der Waals surface area contributed by atoms with Crippen molar-refractivity contribution in [3.05, 3.63) is 0 Å². The Hall–Kier alpha value is -0.0800. The van der Waals surface area contributed by atoms with E-state index < -0.39 is 0 Å². The fourth-order valence-corrected chi connectivity index (χ4v) is 3.71. The average Bonchev–Trinajstić information content (AvgIpc) is 2.29. The minimum absolute atomic E-state index is 0.830. The van der Waals surface area contributed by atoms with Crippen LogP contribution >= 0.6 is 0 Å². The first-order valence-electron chi connectivity index (χ1n) is 7.54. The van der Waals surface area contributed by atoms with Crippen LogP contribution in [-0.2, 0) is 0 Å². The lowest BCUT2D eigenvalue weighted by Gasteiger charge is -2.38. The van der Waals surface area contributed by atoms with Gasteiger partial charge in [0.1, 0.15) is 0 Å². The molecule has 100 valence electrons. The van der Waals surface area contributed by atoms with Crippen LogP contribution in [0.5, 0.6) is 0 Å². The molecule has 2 heteroatoms. The van der Waals surface area contributed by atoms with Crippen LogP contribution in [0.3, 0.4) is 0 Å². The Morgan fingerprint density at radius 2 is 1.76 bits per heavy atom. The third-order valence-corrected chi connectivity index (χ3v) is 4.85. The van der Waals surface area contributed by atoms with Crippen LogP contribution in [0.1, 0.15) is 45.4 Å². The zero-order chi connectivity index (χ0) is 12.3. The Morgan fingerprint density at radius 1 is 1.06 bits per heavy atom. The zero-order valence-corrected chi connectivity index (χ0v) is 12.0. The summed E-state index contributed by atoms with van der Waals surface area (Å²) in [5, 5.41) is 0. The largest absolute Gasteiger partial charge is 0.306 e. The van der Waals surface area contributed by atoms with E-state index in [1.807, 2.05) is 0 Å². The van der Waals surface area contributed by atoms with Crippen molar-refractivity contribution in [1.29, 1.82) is 0 Å². The van der Waals surface area contributed by atoms with Gasteiger partial charge in [0.25, 0.3) is 0 Å². The zero-order valence-electron chi connectivity index (χ0n) is 12.0. The van der Waals surface area contributed by atoms with Crippen LogP contribution in [0.4, 0.5) is 0 Å². The molecule has 1 aliphatic carbocycles. The summed E-state index contributed by atoms with van der Waals surface area (Å²) >= 11 is 0. The number of likely N-dealkylation sites (tertiary alicyclic amines) is 1. The SMILES string of the molecule is CC1CCCC(CN2CCC(N(C)C)CC2)C1. The Balaban J connectivity index is 1.70. The van der Waals surface area contributed by atoms with Crippen molar-refractivity contribution in [1.82, 2.24) is 9.80 Å². The van der Waals surface area contributed by atoms with Crippen molar-refractivity contribution < 1.29 is 0 Å². The van der Waals surface area contributed by atoms with E-state index in [9.17, 15) is 0 Å².